The van der Waals surface area contributed by atoms with E-state index in [1.807, 2.05) is 12.1 Å². The summed E-state index contributed by atoms with van der Waals surface area (Å²) in [6.45, 7) is 8.78. The molecular formula is C19H26N2O5. The number of nitrogens with zero attached hydrogens (tertiary/aromatic N) is 1. The van der Waals surface area contributed by atoms with E-state index in [1.165, 1.54) is 4.90 Å². The molecule has 1 aromatic carbocycles. The smallest absolute Gasteiger partial charge is 0.408 e. The van der Waals surface area contributed by atoms with Gasteiger partial charge in [-0.05, 0) is 38.3 Å². The van der Waals surface area contributed by atoms with E-state index in [0.717, 1.165) is 5.56 Å². The highest BCUT2D eigenvalue weighted by Crippen LogP contribution is 2.33. The Kier molecular flexibility index (Phi) is 5.59. The third-order valence-electron chi connectivity index (χ3n) is 4.10. The van der Waals surface area contributed by atoms with Gasteiger partial charge in [-0.25, -0.2) is 9.59 Å². The van der Waals surface area contributed by atoms with Crippen molar-refractivity contribution >= 4 is 23.7 Å². The Morgan fingerprint density at radius 2 is 1.85 bits per heavy atom. The summed E-state index contributed by atoms with van der Waals surface area (Å²) in [5.41, 5.74) is 0.674. The molecule has 0 aliphatic carbocycles. The van der Waals surface area contributed by atoms with Crippen LogP contribution in [0.2, 0.25) is 0 Å². The molecule has 0 saturated heterocycles. The number of nitrogens with one attached hydrogen (secondary N) is 1. The first kappa shape index (κ1) is 19.8. The van der Waals surface area contributed by atoms with E-state index in [4.69, 9.17) is 4.74 Å². The van der Waals surface area contributed by atoms with Crippen LogP contribution in [0.4, 0.5) is 10.5 Å². The first-order valence-electron chi connectivity index (χ1n) is 8.64. The number of anilines is 1. The fourth-order valence-corrected chi connectivity index (χ4v) is 2.95. The molecule has 26 heavy (non-hydrogen) atoms. The second-order valence-electron chi connectivity index (χ2n) is 7.76. The van der Waals surface area contributed by atoms with Crippen molar-refractivity contribution in [1.29, 1.82) is 0 Å². The lowest BCUT2D eigenvalue weighted by molar-refractivity contribution is -0.140. The maximum absolute atomic E-state index is 13.2. The highest BCUT2D eigenvalue weighted by molar-refractivity contribution is 6.05. The Hall–Kier alpha value is -2.57. The van der Waals surface area contributed by atoms with Gasteiger partial charge >= 0.3 is 12.1 Å². The molecular weight excluding hydrogens is 336 g/mol. The second kappa shape index (κ2) is 7.35. The van der Waals surface area contributed by atoms with Gasteiger partial charge in [0.25, 0.3) is 5.91 Å². The van der Waals surface area contributed by atoms with E-state index in [9.17, 15) is 19.5 Å². The molecule has 1 aliphatic heterocycles. The van der Waals surface area contributed by atoms with Crippen LogP contribution in [0.3, 0.4) is 0 Å². The van der Waals surface area contributed by atoms with E-state index >= 15 is 0 Å². The number of hydrogen-bond donors (Lipinski definition) is 2. The van der Waals surface area contributed by atoms with Crippen LogP contribution in [0, 0.1) is 5.92 Å². The molecule has 0 fully saturated rings. The zero-order valence-corrected chi connectivity index (χ0v) is 15.8. The summed E-state index contributed by atoms with van der Waals surface area (Å²) in [5.74, 6) is -1.77. The van der Waals surface area contributed by atoms with Crippen molar-refractivity contribution in [3.05, 3.63) is 29.8 Å². The molecule has 0 bridgehead atoms. The molecule has 0 aromatic heterocycles. The molecule has 2 N–H and O–H groups in total. The van der Waals surface area contributed by atoms with Crippen LogP contribution in [0.1, 0.15) is 40.2 Å². The summed E-state index contributed by atoms with van der Waals surface area (Å²) in [5, 5.41) is 12.1. The summed E-state index contributed by atoms with van der Waals surface area (Å²) < 4.78 is 5.24. The first-order valence-corrected chi connectivity index (χ1v) is 8.64. The third kappa shape index (κ3) is 4.33. The van der Waals surface area contributed by atoms with Gasteiger partial charge in [0, 0.05) is 12.1 Å². The molecule has 2 atom stereocenters. The number of carboxylic acids is 1. The maximum Gasteiger partial charge on any atom is 0.408 e. The quantitative estimate of drug-likeness (QED) is 0.858. The van der Waals surface area contributed by atoms with Crippen molar-refractivity contribution in [2.45, 2.75) is 58.7 Å². The van der Waals surface area contributed by atoms with Crippen molar-refractivity contribution in [3.63, 3.8) is 0 Å². The summed E-state index contributed by atoms with van der Waals surface area (Å²) in [6, 6.07) is 5.23. The van der Waals surface area contributed by atoms with E-state index < -0.39 is 35.7 Å². The van der Waals surface area contributed by atoms with Gasteiger partial charge in [0.2, 0.25) is 0 Å². The summed E-state index contributed by atoms with van der Waals surface area (Å²) in [7, 11) is 0. The number of carbonyl (C=O) groups is 3. The Morgan fingerprint density at radius 3 is 2.38 bits per heavy atom. The lowest BCUT2D eigenvalue weighted by atomic mass is 10.0. The molecule has 2 rings (SSSR count). The van der Waals surface area contributed by atoms with Crippen LogP contribution in [0.25, 0.3) is 0 Å². The zero-order chi connectivity index (χ0) is 19.6. The Bertz CT molecular complexity index is 708. The normalized spacial score (nSPS) is 17.6. The minimum absolute atomic E-state index is 0.239. The van der Waals surface area contributed by atoms with E-state index in [-0.39, 0.29) is 12.3 Å². The lowest BCUT2D eigenvalue weighted by Gasteiger charge is -2.30. The second-order valence-corrected chi connectivity index (χ2v) is 7.76. The minimum atomic E-state index is -1.07. The molecule has 7 heteroatoms. The SMILES string of the molecule is CC(C)[C@H](NC(=O)OC(C)(C)C)C(=O)N1c2ccccc2C[C@@H]1C(=O)O. The molecule has 1 aliphatic rings. The average Bonchev–Trinajstić information content (AvgIpc) is 2.89. The van der Waals surface area contributed by atoms with Gasteiger partial charge in [-0.1, -0.05) is 32.0 Å². The predicted molar refractivity (Wildman–Crippen MR) is 97.1 cm³/mol. The molecule has 2 amide bonds. The van der Waals surface area contributed by atoms with Crippen LogP contribution < -0.4 is 10.2 Å². The molecule has 0 saturated carbocycles. The topological polar surface area (TPSA) is 95.9 Å². The number of amides is 2. The van der Waals surface area contributed by atoms with E-state index in [1.54, 1.807) is 46.8 Å². The van der Waals surface area contributed by atoms with E-state index in [2.05, 4.69) is 5.32 Å². The number of fused-ring (bicyclic) bond motifs is 1. The summed E-state index contributed by atoms with van der Waals surface area (Å²) >= 11 is 0. The van der Waals surface area contributed by atoms with Crippen molar-refractivity contribution in [2.24, 2.45) is 5.92 Å². The highest BCUT2D eigenvalue weighted by atomic mass is 16.6. The lowest BCUT2D eigenvalue weighted by Crippen LogP contribution is -2.55. The van der Waals surface area contributed by atoms with Gasteiger partial charge < -0.3 is 15.2 Å². The maximum atomic E-state index is 13.2. The molecule has 0 unspecified atom stereocenters. The van der Waals surface area contributed by atoms with Crippen molar-refractivity contribution in [1.82, 2.24) is 5.32 Å². The van der Waals surface area contributed by atoms with Gasteiger partial charge in [0.1, 0.15) is 17.7 Å². The molecule has 7 nitrogen and oxygen atoms in total. The standard InChI is InChI=1S/C19H26N2O5/c1-11(2)15(20-18(25)26-19(3,4)5)16(22)21-13-9-7-6-8-12(13)10-14(21)17(23)24/h6-9,11,14-15H,10H2,1-5H3,(H,20,25)(H,23,24)/t14-,15+/m1/s1. The van der Waals surface area contributed by atoms with Crippen LogP contribution in [0.5, 0.6) is 0 Å². The zero-order valence-electron chi connectivity index (χ0n) is 15.8. The summed E-state index contributed by atoms with van der Waals surface area (Å²) in [6.07, 6.45) is -0.460. The number of para-hydroxylation sites is 1. The Labute approximate surface area is 153 Å². The number of hydrogen-bond acceptors (Lipinski definition) is 4. The molecule has 142 valence electrons. The number of rotatable bonds is 4. The fraction of sp³-hybridized carbons (Fsp3) is 0.526. The number of ether oxygens (including phenoxy) is 1. The fourth-order valence-electron chi connectivity index (χ4n) is 2.95. The predicted octanol–water partition coefficient (Wildman–Crippen LogP) is 2.58. The highest BCUT2D eigenvalue weighted by Gasteiger charge is 2.42. The Balaban J connectivity index is 2.29. The summed E-state index contributed by atoms with van der Waals surface area (Å²) in [4.78, 5) is 38.3. The van der Waals surface area contributed by atoms with Gasteiger partial charge in [0.15, 0.2) is 0 Å². The number of aliphatic carboxylic acids is 1. The van der Waals surface area contributed by atoms with Crippen LogP contribution in [-0.4, -0.2) is 40.8 Å². The third-order valence-corrected chi connectivity index (χ3v) is 4.10. The number of benzene rings is 1. The van der Waals surface area contributed by atoms with Gasteiger partial charge in [-0.2, -0.15) is 0 Å². The van der Waals surface area contributed by atoms with Gasteiger partial charge in [0.05, 0.1) is 0 Å². The van der Waals surface area contributed by atoms with Crippen LogP contribution in [-0.2, 0) is 20.7 Å². The van der Waals surface area contributed by atoms with Crippen molar-refractivity contribution < 1.29 is 24.2 Å². The van der Waals surface area contributed by atoms with Crippen LogP contribution in [0.15, 0.2) is 24.3 Å². The average molecular weight is 362 g/mol. The van der Waals surface area contributed by atoms with Gasteiger partial charge in [-0.15, -0.1) is 0 Å². The Morgan fingerprint density at radius 1 is 1.23 bits per heavy atom. The number of alkyl carbamates (subject to hydrolysis) is 1. The number of carboxylic acid groups (broad SMARTS) is 1. The minimum Gasteiger partial charge on any atom is -0.480 e. The van der Waals surface area contributed by atoms with E-state index in [0.29, 0.717) is 5.69 Å². The largest absolute Gasteiger partial charge is 0.480 e. The monoisotopic (exact) mass is 362 g/mol. The first-order chi connectivity index (χ1) is 12.0. The van der Waals surface area contributed by atoms with Gasteiger partial charge in [-0.3, -0.25) is 9.69 Å². The molecule has 0 spiro atoms. The molecule has 1 aromatic rings. The molecule has 1 heterocycles. The molecule has 0 radical (unpaired) electrons. The van der Waals surface area contributed by atoms with Crippen molar-refractivity contribution in [2.75, 3.05) is 4.90 Å². The van der Waals surface area contributed by atoms with Crippen molar-refractivity contribution in [3.8, 4) is 0 Å². The van der Waals surface area contributed by atoms with Crippen LogP contribution >= 0.6 is 0 Å². The number of carbonyl (C=O) groups excluding carboxylic acids is 2.